The van der Waals surface area contributed by atoms with E-state index >= 15 is 0 Å². The molecule has 0 radical (unpaired) electrons. The zero-order chi connectivity index (χ0) is 22.0. The molecule has 0 bridgehead atoms. The second-order valence-electron chi connectivity index (χ2n) is 7.83. The molecular weight excluding hydrogens is 409 g/mol. The van der Waals surface area contributed by atoms with E-state index in [0.29, 0.717) is 56.3 Å². The Hall–Kier alpha value is -2.65. The molecule has 2 aromatic rings. The number of alkyl halides is 1. The number of carbonyl (C=O) groups excluding carboxylic acids is 1. The number of likely N-dealkylation sites (N-methyl/N-ethyl adjacent to an activating group) is 1. The number of halogens is 3. The van der Waals surface area contributed by atoms with E-state index in [9.17, 15) is 18.0 Å². The molecule has 0 unspecified atom stereocenters. The van der Waals surface area contributed by atoms with Gasteiger partial charge in [0.25, 0.3) is 0 Å². The van der Waals surface area contributed by atoms with E-state index in [1.54, 1.807) is 18.0 Å². The van der Waals surface area contributed by atoms with E-state index in [4.69, 9.17) is 4.74 Å². The van der Waals surface area contributed by atoms with Gasteiger partial charge >= 0.3 is 0 Å². The highest BCUT2D eigenvalue weighted by Crippen LogP contribution is 2.40. The molecule has 1 amide bonds. The van der Waals surface area contributed by atoms with Crippen molar-refractivity contribution in [2.45, 2.75) is 12.6 Å². The standard InChI is InChI=1S/C22H25F3N4O2/c1-27(20(30)14-28-8-10-31-11-9-28)21-17(18-12-15(23)2-3-19(18)25)4-6-26-22(21)29-7-5-16(24)13-29/h2-4,6,12,16H,5,7-11,13-14H2,1H3/t16-/m0/s1. The second-order valence-corrected chi connectivity index (χ2v) is 7.83. The highest BCUT2D eigenvalue weighted by molar-refractivity contribution is 6.02. The van der Waals surface area contributed by atoms with Crippen molar-refractivity contribution in [3.8, 4) is 11.1 Å². The van der Waals surface area contributed by atoms with Gasteiger partial charge in [-0.1, -0.05) is 0 Å². The fourth-order valence-electron chi connectivity index (χ4n) is 4.02. The Morgan fingerprint density at radius 3 is 2.68 bits per heavy atom. The number of carbonyl (C=O) groups is 1. The van der Waals surface area contributed by atoms with Crippen molar-refractivity contribution in [3.05, 3.63) is 42.1 Å². The maximum Gasteiger partial charge on any atom is 0.241 e. The fraction of sp³-hybridized carbons (Fsp3) is 0.455. The summed E-state index contributed by atoms with van der Waals surface area (Å²) >= 11 is 0. The van der Waals surface area contributed by atoms with E-state index in [-0.39, 0.29) is 24.6 Å². The molecule has 1 aromatic carbocycles. The first-order chi connectivity index (χ1) is 14.9. The number of rotatable bonds is 5. The maximum atomic E-state index is 14.7. The Morgan fingerprint density at radius 1 is 1.19 bits per heavy atom. The van der Waals surface area contributed by atoms with Crippen LogP contribution in [0.5, 0.6) is 0 Å². The third kappa shape index (κ3) is 4.67. The lowest BCUT2D eigenvalue weighted by Crippen LogP contribution is -2.44. The molecular formula is C22H25F3N4O2. The lowest BCUT2D eigenvalue weighted by atomic mass is 10.0. The van der Waals surface area contributed by atoms with Crippen LogP contribution in [0.2, 0.25) is 0 Å². The summed E-state index contributed by atoms with van der Waals surface area (Å²) in [4.78, 5) is 22.7. The van der Waals surface area contributed by atoms with E-state index in [1.165, 1.54) is 11.1 Å². The van der Waals surface area contributed by atoms with Crippen LogP contribution in [0.25, 0.3) is 11.1 Å². The Balaban J connectivity index is 1.75. The van der Waals surface area contributed by atoms with Crippen molar-refractivity contribution in [1.29, 1.82) is 0 Å². The Bertz CT molecular complexity index is 952. The molecule has 166 valence electrons. The van der Waals surface area contributed by atoms with Gasteiger partial charge in [0.1, 0.15) is 17.8 Å². The summed E-state index contributed by atoms with van der Waals surface area (Å²) in [5.74, 6) is -1.03. The molecule has 0 saturated carbocycles. The monoisotopic (exact) mass is 434 g/mol. The Morgan fingerprint density at radius 2 is 1.97 bits per heavy atom. The van der Waals surface area contributed by atoms with Gasteiger partial charge in [0.2, 0.25) is 5.91 Å². The van der Waals surface area contributed by atoms with Gasteiger partial charge in [-0.2, -0.15) is 0 Å². The second kappa shape index (κ2) is 9.23. The average molecular weight is 434 g/mol. The molecule has 6 nitrogen and oxygen atoms in total. The van der Waals surface area contributed by atoms with Crippen molar-refractivity contribution in [2.24, 2.45) is 0 Å². The van der Waals surface area contributed by atoms with Crippen molar-refractivity contribution >= 4 is 17.4 Å². The number of hydrogen-bond donors (Lipinski definition) is 0. The predicted octanol–water partition coefficient (Wildman–Crippen LogP) is 2.87. The van der Waals surface area contributed by atoms with Gasteiger partial charge in [-0.15, -0.1) is 0 Å². The first kappa shape index (κ1) is 21.6. The summed E-state index contributed by atoms with van der Waals surface area (Å²) in [6.45, 7) is 3.12. The first-order valence-corrected chi connectivity index (χ1v) is 10.3. The molecule has 0 aliphatic carbocycles. The molecule has 0 spiro atoms. The SMILES string of the molecule is CN(C(=O)CN1CCOCC1)c1c(-c2cc(F)ccc2F)ccnc1N1CC[C@H](F)C1. The minimum atomic E-state index is -1.00. The number of aromatic nitrogens is 1. The van der Waals surface area contributed by atoms with Gasteiger partial charge in [-0.25, -0.2) is 18.2 Å². The number of benzene rings is 1. The first-order valence-electron chi connectivity index (χ1n) is 10.3. The Labute approximate surface area is 179 Å². The molecule has 9 heteroatoms. The zero-order valence-electron chi connectivity index (χ0n) is 17.4. The zero-order valence-corrected chi connectivity index (χ0v) is 17.4. The highest BCUT2D eigenvalue weighted by Gasteiger charge is 2.30. The summed E-state index contributed by atoms with van der Waals surface area (Å²) in [6, 6.07) is 4.75. The maximum absolute atomic E-state index is 14.7. The number of hydrogen-bond acceptors (Lipinski definition) is 5. The number of nitrogens with zero attached hydrogens (tertiary/aromatic N) is 4. The van der Waals surface area contributed by atoms with Crippen LogP contribution in [0.4, 0.5) is 24.7 Å². The van der Waals surface area contributed by atoms with E-state index in [1.807, 2.05) is 4.90 Å². The summed E-state index contributed by atoms with van der Waals surface area (Å²) in [5, 5.41) is 0. The minimum absolute atomic E-state index is 0.0284. The molecule has 3 heterocycles. The molecule has 2 fully saturated rings. The van der Waals surface area contributed by atoms with Gasteiger partial charge in [0.15, 0.2) is 5.82 Å². The average Bonchev–Trinajstić information content (AvgIpc) is 3.21. The normalized spacial score (nSPS) is 19.6. The molecule has 4 rings (SSSR count). The largest absolute Gasteiger partial charge is 0.379 e. The molecule has 0 N–H and O–H groups in total. The van der Waals surface area contributed by atoms with E-state index < -0.39 is 17.8 Å². The molecule has 31 heavy (non-hydrogen) atoms. The quantitative estimate of drug-likeness (QED) is 0.725. The lowest BCUT2D eigenvalue weighted by molar-refractivity contribution is -0.120. The van der Waals surface area contributed by atoms with Crippen molar-refractivity contribution in [3.63, 3.8) is 0 Å². The van der Waals surface area contributed by atoms with Crippen LogP contribution in [0.15, 0.2) is 30.5 Å². The van der Waals surface area contributed by atoms with Crippen LogP contribution in [-0.4, -0.2) is 74.9 Å². The third-order valence-corrected chi connectivity index (χ3v) is 5.73. The van der Waals surface area contributed by atoms with Crippen molar-refractivity contribution in [2.75, 3.05) is 62.8 Å². The van der Waals surface area contributed by atoms with Crippen LogP contribution in [0.1, 0.15) is 6.42 Å². The fourth-order valence-corrected chi connectivity index (χ4v) is 4.02. The summed E-state index contributed by atoms with van der Waals surface area (Å²) in [6.07, 6.45) is 0.828. The van der Waals surface area contributed by atoms with Gasteiger partial charge in [-0.05, 0) is 30.7 Å². The highest BCUT2D eigenvalue weighted by atomic mass is 19.1. The smallest absolute Gasteiger partial charge is 0.241 e. The van der Waals surface area contributed by atoms with Crippen LogP contribution in [-0.2, 0) is 9.53 Å². The van der Waals surface area contributed by atoms with Gasteiger partial charge < -0.3 is 14.5 Å². The molecule has 2 saturated heterocycles. The number of ether oxygens (including phenoxy) is 1. The number of anilines is 2. The van der Waals surface area contributed by atoms with Crippen LogP contribution < -0.4 is 9.80 Å². The number of amides is 1. The van der Waals surface area contributed by atoms with Crippen molar-refractivity contribution in [1.82, 2.24) is 9.88 Å². The van der Waals surface area contributed by atoms with Crippen molar-refractivity contribution < 1.29 is 22.7 Å². The number of morpholine rings is 1. The van der Waals surface area contributed by atoms with Crippen LogP contribution in [0, 0.1) is 11.6 Å². The molecule has 2 aliphatic heterocycles. The predicted molar refractivity (Wildman–Crippen MR) is 112 cm³/mol. The molecule has 2 aliphatic rings. The van der Waals surface area contributed by atoms with Gasteiger partial charge in [-0.3, -0.25) is 9.69 Å². The summed E-state index contributed by atoms with van der Waals surface area (Å²) < 4.78 is 47.9. The minimum Gasteiger partial charge on any atom is -0.379 e. The molecule has 1 aromatic heterocycles. The van der Waals surface area contributed by atoms with Gasteiger partial charge in [0, 0.05) is 44.0 Å². The van der Waals surface area contributed by atoms with Gasteiger partial charge in [0.05, 0.1) is 32.0 Å². The lowest BCUT2D eigenvalue weighted by Gasteiger charge is -2.31. The molecule has 1 atom stereocenters. The Kier molecular flexibility index (Phi) is 6.43. The van der Waals surface area contributed by atoms with E-state index in [0.717, 1.165) is 18.2 Å². The topological polar surface area (TPSA) is 48.9 Å². The van der Waals surface area contributed by atoms with Crippen LogP contribution in [0.3, 0.4) is 0 Å². The van der Waals surface area contributed by atoms with E-state index in [2.05, 4.69) is 4.98 Å². The third-order valence-electron chi connectivity index (χ3n) is 5.73. The summed E-state index contributed by atoms with van der Waals surface area (Å²) in [7, 11) is 1.59. The van der Waals surface area contributed by atoms with Crippen LogP contribution >= 0.6 is 0 Å². The number of pyridine rings is 1. The summed E-state index contributed by atoms with van der Waals surface area (Å²) in [5.41, 5.74) is 0.710.